The van der Waals surface area contributed by atoms with Crippen LogP contribution in [-0.4, -0.2) is 19.2 Å². The van der Waals surface area contributed by atoms with Crippen LogP contribution in [0.3, 0.4) is 0 Å². The fourth-order valence-electron chi connectivity index (χ4n) is 4.87. The van der Waals surface area contributed by atoms with Crippen molar-refractivity contribution in [1.29, 1.82) is 5.26 Å². The Morgan fingerprint density at radius 1 is 1.26 bits per heavy atom. The third-order valence-electron chi connectivity index (χ3n) is 6.87. The number of carbonyl (C=O) groups is 1. The number of ether oxygens (including phenoxy) is 1. The summed E-state index contributed by atoms with van der Waals surface area (Å²) in [6.07, 6.45) is 4.62. The molecule has 1 saturated carbocycles. The van der Waals surface area contributed by atoms with E-state index in [2.05, 4.69) is 31.3 Å². The summed E-state index contributed by atoms with van der Waals surface area (Å²) in [4.78, 5) is 15.1. The molecule has 0 radical (unpaired) electrons. The lowest BCUT2D eigenvalue weighted by atomic mass is 9.49. The molecule has 5 nitrogen and oxygen atoms in total. The van der Waals surface area contributed by atoms with Gasteiger partial charge in [0.15, 0.2) is 0 Å². The Hall–Kier alpha value is -3.26. The number of nitrogens with one attached hydrogen (secondary N) is 1. The lowest BCUT2D eigenvalue weighted by molar-refractivity contribution is -0.00666. The van der Waals surface area contributed by atoms with Crippen molar-refractivity contribution >= 4 is 17.4 Å². The maximum absolute atomic E-state index is 13.4. The Labute approximate surface area is 184 Å². The summed E-state index contributed by atoms with van der Waals surface area (Å²) in [6, 6.07) is 16.5. The molecule has 160 valence electrons. The van der Waals surface area contributed by atoms with Crippen molar-refractivity contribution in [2.24, 2.45) is 17.3 Å². The van der Waals surface area contributed by atoms with Crippen molar-refractivity contribution in [2.45, 2.75) is 33.6 Å². The van der Waals surface area contributed by atoms with Crippen LogP contribution in [0, 0.1) is 28.6 Å². The van der Waals surface area contributed by atoms with E-state index >= 15 is 0 Å². The normalized spacial score (nSPS) is 20.6. The van der Waals surface area contributed by atoms with Crippen LogP contribution in [0.1, 0.15) is 39.2 Å². The minimum Gasteiger partial charge on any atom is -0.494 e. The first-order valence-corrected chi connectivity index (χ1v) is 10.9. The number of benzene rings is 2. The van der Waals surface area contributed by atoms with E-state index in [1.807, 2.05) is 31.2 Å². The van der Waals surface area contributed by atoms with Crippen LogP contribution in [0.5, 0.6) is 5.75 Å². The highest BCUT2D eigenvalue weighted by molar-refractivity contribution is 6.02. The van der Waals surface area contributed by atoms with Gasteiger partial charge in [-0.2, -0.15) is 5.26 Å². The van der Waals surface area contributed by atoms with Crippen LogP contribution in [0.4, 0.5) is 16.2 Å². The molecule has 0 unspecified atom stereocenters. The fraction of sp³-hybridized carbons (Fsp3) is 0.385. The van der Waals surface area contributed by atoms with Crippen LogP contribution < -0.4 is 15.0 Å². The van der Waals surface area contributed by atoms with Gasteiger partial charge in [-0.1, -0.05) is 31.6 Å². The molecule has 2 aromatic rings. The second kappa shape index (κ2) is 8.47. The minimum atomic E-state index is -0.209. The van der Waals surface area contributed by atoms with E-state index in [4.69, 9.17) is 10.00 Å². The number of nitriles is 1. The molecule has 31 heavy (non-hydrogen) atoms. The van der Waals surface area contributed by atoms with Crippen LogP contribution in [-0.2, 0) is 0 Å². The summed E-state index contributed by atoms with van der Waals surface area (Å²) in [5, 5.41) is 12.1. The van der Waals surface area contributed by atoms with Gasteiger partial charge in [-0.3, -0.25) is 4.90 Å². The number of hydrogen-bond acceptors (Lipinski definition) is 3. The number of amides is 2. The van der Waals surface area contributed by atoms with Crippen LogP contribution >= 0.6 is 0 Å². The summed E-state index contributed by atoms with van der Waals surface area (Å²) in [7, 11) is 0. The second-order valence-electron chi connectivity index (χ2n) is 8.96. The van der Waals surface area contributed by atoms with Gasteiger partial charge in [-0.25, -0.2) is 4.79 Å². The zero-order valence-electron chi connectivity index (χ0n) is 18.4. The van der Waals surface area contributed by atoms with Gasteiger partial charge in [0.1, 0.15) is 5.75 Å². The summed E-state index contributed by atoms with van der Waals surface area (Å²) in [5.74, 6) is 2.06. The fourth-order valence-corrected chi connectivity index (χ4v) is 4.87. The molecule has 1 fully saturated rings. The third kappa shape index (κ3) is 4.16. The Kier molecular flexibility index (Phi) is 5.73. The summed E-state index contributed by atoms with van der Waals surface area (Å²) < 4.78 is 5.56. The van der Waals surface area contributed by atoms with E-state index in [0.29, 0.717) is 35.7 Å². The third-order valence-corrected chi connectivity index (χ3v) is 6.87. The molecule has 1 N–H and O–H groups in total. The van der Waals surface area contributed by atoms with E-state index < -0.39 is 0 Å². The largest absolute Gasteiger partial charge is 0.494 e. The summed E-state index contributed by atoms with van der Waals surface area (Å²) in [6.45, 7) is 7.79. The standard InChI is InChI=1S/C26H29N3O2/c1-4-31-23-12-10-22(11-13-23)29(17-19-8-9-20-15-24(19)26(20,2)3)25(30)28-21-7-5-6-18(14-21)16-27/h5-8,10-14,20,24H,4,9,15,17H2,1-3H3,(H,28,30)/t20-,24-/m0/s1. The zero-order valence-corrected chi connectivity index (χ0v) is 18.4. The van der Waals surface area contributed by atoms with E-state index in [-0.39, 0.29) is 6.03 Å². The second-order valence-corrected chi connectivity index (χ2v) is 8.96. The number of allylic oxidation sites excluding steroid dienone is 1. The first-order chi connectivity index (χ1) is 14.9. The number of rotatable bonds is 6. The topological polar surface area (TPSA) is 65.4 Å². The lowest BCUT2D eigenvalue weighted by Crippen LogP contribution is -2.50. The maximum Gasteiger partial charge on any atom is 0.326 e. The number of anilines is 2. The molecule has 0 spiro atoms. The predicted octanol–water partition coefficient (Wildman–Crippen LogP) is 5.99. The lowest BCUT2D eigenvalue weighted by Gasteiger charge is -2.57. The van der Waals surface area contributed by atoms with Gasteiger partial charge in [-0.05, 0) is 79.5 Å². The molecule has 3 aliphatic rings. The van der Waals surface area contributed by atoms with Crippen molar-refractivity contribution in [1.82, 2.24) is 0 Å². The molecular formula is C26H29N3O2. The SMILES string of the molecule is CCOc1ccc(N(CC2=CC[C@H]3C[C@@H]2C3(C)C)C(=O)Nc2cccc(C#N)c2)cc1. The Balaban J connectivity index is 1.59. The van der Waals surface area contributed by atoms with Crippen LogP contribution in [0.2, 0.25) is 0 Å². The molecule has 0 saturated heterocycles. The Morgan fingerprint density at radius 2 is 2.03 bits per heavy atom. The highest BCUT2D eigenvalue weighted by atomic mass is 16.5. The van der Waals surface area contributed by atoms with Crippen LogP contribution in [0.25, 0.3) is 0 Å². The molecule has 5 rings (SSSR count). The quantitative estimate of drug-likeness (QED) is 0.590. The predicted molar refractivity (Wildman–Crippen MR) is 123 cm³/mol. The van der Waals surface area contributed by atoms with Crippen molar-refractivity contribution < 1.29 is 9.53 Å². The van der Waals surface area contributed by atoms with Crippen molar-refractivity contribution in [3.8, 4) is 11.8 Å². The Bertz CT molecular complexity index is 1030. The average molecular weight is 416 g/mol. The summed E-state index contributed by atoms with van der Waals surface area (Å²) >= 11 is 0. The molecule has 2 bridgehead atoms. The molecular weight excluding hydrogens is 386 g/mol. The van der Waals surface area contributed by atoms with Gasteiger partial charge in [-0.15, -0.1) is 0 Å². The minimum absolute atomic E-state index is 0.209. The molecule has 2 aromatic carbocycles. The highest BCUT2D eigenvalue weighted by Crippen LogP contribution is 2.59. The molecule has 0 aromatic heterocycles. The van der Waals surface area contributed by atoms with E-state index in [1.54, 1.807) is 29.2 Å². The van der Waals surface area contributed by atoms with Crippen molar-refractivity contribution in [3.63, 3.8) is 0 Å². The summed E-state index contributed by atoms with van der Waals surface area (Å²) in [5.41, 5.74) is 3.58. The monoisotopic (exact) mass is 415 g/mol. The average Bonchev–Trinajstić information content (AvgIpc) is 2.78. The van der Waals surface area contributed by atoms with Crippen molar-refractivity contribution in [3.05, 3.63) is 65.7 Å². The van der Waals surface area contributed by atoms with Crippen molar-refractivity contribution in [2.75, 3.05) is 23.4 Å². The number of urea groups is 1. The van der Waals surface area contributed by atoms with Gasteiger partial charge < -0.3 is 10.1 Å². The van der Waals surface area contributed by atoms with Gasteiger partial charge in [0.2, 0.25) is 0 Å². The zero-order chi connectivity index (χ0) is 22.0. The van der Waals surface area contributed by atoms with Gasteiger partial charge in [0, 0.05) is 17.9 Å². The smallest absolute Gasteiger partial charge is 0.326 e. The first kappa shape index (κ1) is 21.0. The van der Waals surface area contributed by atoms with Gasteiger partial charge in [0.05, 0.1) is 18.2 Å². The van der Waals surface area contributed by atoms with E-state index in [0.717, 1.165) is 23.8 Å². The van der Waals surface area contributed by atoms with Crippen LogP contribution in [0.15, 0.2) is 60.2 Å². The molecule has 5 heteroatoms. The molecule has 3 aliphatic carbocycles. The number of hydrogen-bond donors (Lipinski definition) is 1. The number of nitrogens with zero attached hydrogens (tertiary/aromatic N) is 2. The van der Waals surface area contributed by atoms with E-state index in [1.165, 1.54) is 12.0 Å². The first-order valence-electron chi connectivity index (χ1n) is 10.9. The van der Waals surface area contributed by atoms with E-state index in [9.17, 15) is 4.79 Å². The molecule has 0 aliphatic heterocycles. The maximum atomic E-state index is 13.4. The number of fused-ring (bicyclic) bond motifs is 1. The molecule has 0 heterocycles. The highest BCUT2D eigenvalue weighted by Gasteiger charge is 2.51. The molecule has 2 atom stereocenters. The van der Waals surface area contributed by atoms with Gasteiger partial charge in [0.25, 0.3) is 0 Å². The Morgan fingerprint density at radius 3 is 2.68 bits per heavy atom. The molecule has 2 amide bonds. The number of carbonyl (C=O) groups excluding carboxylic acids is 1. The van der Waals surface area contributed by atoms with Gasteiger partial charge >= 0.3 is 6.03 Å².